The number of halogens is 1. The third-order valence-corrected chi connectivity index (χ3v) is 5.05. The maximum absolute atomic E-state index is 13.0. The number of hydrogen-bond acceptors (Lipinski definition) is 6. The molecular formula is C21H24FN7O2. The molecule has 0 unspecified atom stereocenters. The summed E-state index contributed by atoms with van der Waals surface area (Å²) in [7, 11) is 0. The third-order valence-electron chi connectivity index (χ3n) is 5.05. The smallest absolute Gasteiger partial charge is 0.321 e. The number of hydrogen-bond donors (Lipinski definition) is 1. The van der Waals surface area contributed by atoms with Crippen molar-refractivity contribution in [1.29, 1.82) is 0 Å². The van der Waals surface area contributed by atoms with E-state index in [9.17, 15) is 9.18 Å². The van der Waals surface area contributed by atoms with E-state index in [0.29, 0.717) is 45.0 Å². The van der Waals surface area contributed by atoms with Crippen LogP contribution < -0.4 is 10.1 Å². The topological polar surface area (TPSA) is 88.4 Å². The minimum Gasteiger partial charge on any atom is -0.494 e. The van der Waals surface area contributed by atoms with E-state index in [-0.39, 0.29) is 11.8 Å². The average molecular weight is 425 g/mol. The molecule has 0 saturated carbocycles. The standard InChI is InChI=1S/C21H24FN7O2/c1-2-31-19-9-7-18(8-10-19)29-20(24-25-26-29)15-27-11-13-28(14-12-27)21(30)23-17-5-3-16(22)4-6-17/h3-10H,2,11-15H2,1H3,(H,23,30). The van der Waals surface area contributed by atoms with Gasteiger partial charge in [0.25, 0.3) is 0 Å². The predicted octanol–water partition coefficient (Wildman–Crippen LogP) is 2.55. The highest BCUT2D eigenvalue weighted by Crippen LogP contribution is 2.17. The lowest BCUT2D eigenvalue weighted by Crippen LogP contribution is -2.49. The Morgan fingerprint density at radius 1 is 1.06 bits per heavy atom. The minimum absolute atomic E-state index is 0.189. The first-order valence-electron chi connectivity index (χ1n) is 10.2. The Bertz CT molecular complexity index is 999. The summed E-state index contributed by atoms with van der Waals surface area (Å²) in [5.74, 6) is 1.20. The summed E-state index contributed by atoms with van der Waals surface area (Å²) in [6.45, 7) is 5.70. The molecule has 2 amide bonds. The van der Waals surface area contributed by atoms with E-state index in [4.69, 9.17) is 4.74 Å². The lowest BCUT2D eigenvalue weighted by Gasteiger charge is -2.34. The van der Waals surface area contributed by atoms with E-state index in [1.165, 1.54) is 12.1 Å². The van der Waals surface area contributed by atoms with Crippen LogP contribution >= 0.6 is 0 Å². The molecule has 9 nitrogen and oxygen atoms in total. The highest BCUT2D eigenvalue weighted by Gasteiger charge is 2.23. The van der Waals surface area contributed by atoms with E-state index < -0.39 is 0 Å². The Balaban J connectivity index is 1.32. The van der Waals surface area contributed by atoms with Crippen LogP contribution in [0, 0.1) is 5.82 Å². The van der Waals surface area contributed by atoms with E-state index in [1.54, 1.807) is 21.7 Å². The van der Waals surface area contributed by atoms with Crippen LogP contribution in [0.5, 0.6) is 5.75 Å². The van der Waals surface area contributed by atoms with Crippen LogP contribution in [0.4, 0.5) is 14.9 Å². The Morgan fingerprint density at radius 3 is 2.45 bits per heavy atom. The Kier molecular flexibility index (Phi) is 6.37. The van der Waals surface area contributed by atoms with Crippen molar-refractivity contribution < 1.29 is 13.9 Å². The van der Waals surface area contributed by atoms with Crippen molar-refractivity contribution >= 4 is 11.7 Å². The predicted molar refractivity (Wildman–Crippen MR) is 113 cm³/mol. The largest absolute Gasteiger partial charge is 0.494 e. The number of piperazine rings is 1. The van der Waals surface area contributed by atoms with Crippen molar-refractivity contribution in [2.45, 2.75) is 13.5 Å². The van der Waals surface area contributed by atoms with Gasteiger partial charge in [0.05, 0.1) is 18.8 Å². The number of carbonyl (C=O) groups excluding carboxylic acids is 1. The number of tetrazole rings is 1. The summed E-state index contributed by atoms with van der Waals surface area (Å²) >= 11 is 0. The van der Waals surface area contributed by atoms with Crippen LogP contribution in [0.25, 0.3) is 5.69 Å². The number of anilines is 1. The van der Waals surface area contributed by atoms with E-state index >= 15 is 0 Å². The monoisotopic (exact) mass is 425 g/mol. The number of benzene rings is 2. The van der Waals surface area contributed by atoms with Crippen LogP contribution in [-0.2, 0) is 6.54 Å². The van der Waals surface area contributed by atoms with Gasteiger partial charge in [0, 0.05) is 31.9 Å². The fraction of sp³-hybridized carbons (Fsp3) is 0.333. The first-order chi connectivity index (χ1) is 15.1. The van der Waals surface area contributed by atoms with Gasteiger partial charge in [-0.15, -0.1) is 5.10 Å². The molecule has 162 valence electrons. The number of carbonyl (C=O) groups is 1. The molecule has 1 aromatic heterocycles. The number of urea groups is 1. The van der Waals surface area contributed by atoms with Crippen molar-refractivity contribution in [1.82, 2.24) is 30.0 Å². The summed E-state index contributed by atoms with van der Waals surface area (Å²) in [4.78, 5) is 16.4. The maximum Gasteiger partial charge on any atom is 0.321 e. The number of nitrogens with one attached hydrogen (secondary N) is 1. The number of rotatable bonds is 6. The van der Waals surface area contributed by atoms with Crippen LogP contribution in [-0.4, -0.2) is 68.8 Å². The van der Waals surface area contributed by atoms with Gasteiger partial charge in [0.1, 0.15) is 11.6 Å². The third kappa shape index (κ3) is 5.15. The van der Waals surface area contributed by atoms with Gasteiger partial charge in [-0.3, -0.25) is 4.90 Å². The summed E-state index contributed by atoms with van der Waals surface area (Å²) in [6, 6.07) is 13.2. The lowest BCUT2D eigenvalue weighted by molar-refractivity contribution is 0.140. The van der Waals surface area contributed by atoms with Crippen molar-refractivity contribution in [2.24, 2.45) is 0 Å². The average Bonchev–Trinajstić information content (AvgIpc) is 3.25. The normalized spacial score (nSPS) is 14.5. The second-order valence-electron chi connectivity index (χ2n) is 7.13. The fourth-order valence-corrected chi connectivity index (χ4v) is 3.40. The summed E-state index contributed by atoms with van der Waals surface area (Å²) in [5.41, 5.74) is 1.43. The van der Waals surface area contributed by atoms with Crippen LogP contribution in [0.3, 0.4) is 0 Å². The van der Waals surface area contributed by atoms with Gasteiger partial charge in [0.2, 0.25) is 0 Å². The molecule has 3 aromatic rings. The SMILES string of the molecule is CCOc1ccc(-n2nnnc2CN2CCN(C(=O)Nc3ccc(F)cc3)CC2)cc1. The van der Waals surface area contributed by atoms with Crippen LogP contribution in [0.1, 0.15) is 12.7 Å². The van der Waals surface area contributed by atoms with Gasteiger partial charge in [-0.2, -0.15) is 4.68 Å². The highest BCUT2D eigenvalue weighted by molar-refractivity contribution is 5.89. The van der Waals surface area contributed by atoms with Crippen molar-refractivity contribution in [3.63, 3.8) is 0 Å². The molecule has 4 rings (SSSR count). The summed E-state index contributed by atoms with van der Waals surface area (Å²) < 4.78 is 20.2. The Labute approximate surface area is 179 Å². The molecule has 10 heteroatoms. The zero-order valence-corrected chi connectivity index (χ0v) is 17.2. The maximum atomic E-state index is 13.0. The molecule has 0 aliphatic carbocycles. The molecular weight excluding hydrogens is 401 g/mol. The van der Waals surface area contributed by atoms with Gasteiger partial charge in [-0.25, -0.2) is 9.18 Å². The highest BCUT2D eigenvalue weighted by atomic mass is 19.1. The Morgan fingerprint density at radius 2 is 1.77 bits per heavy atom. The second kappa shape index (κ2) is 9.52. The molecule has 0 atom stereocenters. The first kappa shape index (κ1) is 20.7. The number of nitrogens with zero attached hydrogens (tertiary/aromatic N) is 6. The Hall–Kier alpha value is -3.53. The molecule has 0 bridgehead atoms. The van der Waals surface area contributed by atoms with Crippen molar-refractivity contribution in [2.75, 3.05) is 38.1 Å². The van der Waals surface area contributed by atoms with Gasteiger partial charge in [0.15, 0.2) is 5.82 Å². The second-order valence-corrected chi connectivity index (χ2v) is 7.13. The minimum atomic E-state index is -0.334. The van der Waals surface area contributed by atoms with Gasteiger partial charge >= 0.3 is 6.03 Å². The molecule has 0 radical (unpaired) electrons. The first-order valence-corrected chi connectivity index (χ1v) is 10.2. The van der Waals surface area contributed by atoms with E-state index in [0.717, 1.165) is 17.3 Å². The molecule has 1 fully saturated rings. The number of ether oxygens (including phenoxy) is 1. The quantitative estimate of drug-likeness (QED) is 0.653. The molecule has 2 aromatic carbocycles. The van der Waals surface area contributed by atoms with E-state index in [2.05, 4.69) is 25.7 Å². The molecule has 2 heterocycles. The van der Waals surface area contributed by atoms with E-state index in [1.807, 2.05) is 31.2 Å². The zero-order chi connectivity index (χ0) is 21.6. The van der Waals surface area contributed by atoms with Gasteiger partial charge in [-0.1, -0.05) is 0 Å². The molecule has 1 N–H and O–H groups in total. The van der Waals surface area contributed by atoms with Crippen LogP contribution in [0.2, 0.25) is 0 Å². The zero-order valence-electron chi connectivity index (χ0n) is 17.2. The summed E-state index contributed by atoms with van der Waals surface area (Å²) in [5, 5.41) is 14.9. The molecule has 1 saturated heterocycles. The summed E-state index contributed by atoms with van der Waals surface area (Å²) in [6.07, 6.45) is 0. The lowest BCUT2D eigenvalue weighted by atomic mass is 10.3. The fourth-order valence-electron chi connectivity index (χ4n) is 3.40. The van der Waals surface area contributed by atoms with Gasteiger partial charge < -0.3 is 15.0 Å². The van der Waals surface area contributed by atoms with Crippen molar-refractivity contribution in [3.05, 3.63) is 60.2 Å². The van der Waals surface area contributed by atoms with Crippen LogP contribution in [0.15, 0.2) is 48.5 Å². The van der Waals surface area contributed by atoms with Gasteiger partial charge in [-0.05, 0) is 65.9 Å². The molecule has 31 heavy (non-hydrogen) atoms. The number of amides is 2. The molecule has 0 spiro atoms. The number of aromatic nitrogens is 4. The molecule has 1 aliphatic heterocycles. The molecule has 1 aliphatic rings. The van der Waals surface area contributed by atoms with Crippen molar-refractivity contribution in [3.8, 4) is 11.4 Å².